The van der Waals surface area contributed by atoms with Gasteiger partial charge >= 0.3 is 6.18 Å². The maximum atomic E-state index is 12.7. The molecule has 156 valence electrons. The van der Waals surface area contributed by atoms with Gasteiger partial charge in [-0.3, -0.25) is 9.78 Å². The van der Waals surface area contributed by atoms with Crippen molar-refractivity contribution in [2.45, 2.75) is 26.4 Å². The van der Waals surface area contributed by atoms with E-state index in [1.807, 2.05) is 13.0 Å². The molecule has 0 unspecified atom stereocenters. The first-order valence-electron chi connectivity index (χ1n) is 9.38. The first kappa shape index (κ1) is 21.4. The van der Waals surface area contributed by atoms with Gasteiger partial charge in [0.25, 0.3) is 5.91 Å². The number of rotatable bonds is 5. The molecule has 0 aliphatic carbocycles. The van der Waals surface area contributed by atoms with E-state index >= 15 is 0 Å². The molecule has 1 amide bonds. The fourth-order valence-electron chi connectivity index (χ4n) is 3.14. The van der Waals surface area contributed by atoms with Crippen LogP contribution in [0.3, 0.4) is 0 Å². The third kappa shape index (κ3) is 4.79. The highest BCUT2D eigenvalue weighted by atomic mass is 19.4. The molecule has 0 bridgehead atoms. The smallest absolute Gasteiger partial charge is 0.416 e. The second-order valence-electron chi connectivity index (χ2n) is 6.97. The number of aromatic nitrogens is 1. The first-order chi connectivity index (χ1) is 14.2. The van der Waals surface area contributed by atoms with Crippen molar-refractivity contribution < 1.29 is 23.1 Å². The molecule has 30 heavy (non-hydrogen) atoms. The normalized spacial score (nSPS) is 11.4. The molecule has 0 aliphatic heterocycles. The molecule has 0 aliphatic rings. The number of halogens is 3. The van der Waals surface area contributed by atoms with Gasteiger partial charge in [-0.1, -0.05) is 24.3 Å². The average molecular weight is 414 g/mol. The molecule has 1 heterocycles. The molecule has 0 spiro atoms. The number of carbonyl (C=O) groups is 1. The fourth-order valence-corrected chi connectivity index (χ4v) is 3.14. The predicted molar refractivity (Wildman–Crippen MR) is 108 cm³/mol. The maximum Gasteiger partial charge on any atom is 0.416 e. The third-order valence-electron chi connectivity index (χ3n) is 4.94. The molecule has 7 heteroatoms. The summed E-state index contributed by atoms with van der Waals surface area (Å²) < 4.78 is 38.1. The Morgan fingerprint density at radius 1 is 1.03 bits per heavy atom. The number of pyridine rings is 1. The van der Waals surface area contributed by atoms with Crippen LogP contribution in [0, 0.1) is 13.8 Å². The number of nitrogens with one attached hydrogen (secondary N) is 1. The Balaban J connectivity index is 1.67. The van der Waals surface area contributed by atoms with Crippen molar-refractivity contribution in [2.75, 3.05) is 6.54 Å². The van der Waals surface area contributed by atoms with Crippen LogP contribution in [0.15, 0.2) is 54.6 Å². The van der Waals surface area contributed by atoms with Crippen molar-refractivity contribution in [1.29, 1.82) is 0 Å². The number of hydrogen-bond acceptors (Lipinski definition) is 3. The number of aromatic hydroxyl groups is 1. The summed E-state index contributed by atoms with van der Waals surface area (Å²) in [5.41, 5.74) is 2.93. The van der Waals surface area contributed by atoms with Crippen molar-refractivity contribution >= 4 is 5.91 Å². The lowest BCUT2D eigenvalue weighted by Crippen LogP contribution is -2.26. The van der Waals surface area contributed by atoms with Gasteiger partial charge in [-0.2, -0.15) is 13.2 Å². The molecule has 2 N–H and O–H groups in total. The lowest BCUT2D eigenvalue weighted by Gasteiger charge is -2.11. The number of alkyl halides is 3. The van der Waals surface area contributed by atoms with E-state index in [1.165, 1.54) is 12.1 Å². The number of carbonyl (C=O) groups excluding carboxylic acids is 1. The summed E-state index contributed by atoms with van der Waals surface area (Å²) in [5.74, 6) is -0.0606. The van der Waals surface area contributed by atoms with Gasteiger partial charge in [-0.25, -0.2) is 0 Å². The molecule has 0 fully saturated rings. The molecule has 0 atom stereocenters. The van der Waals surface area contributed by atoms with Gasteiger partial charge < -0.3 is 10.4 Å². The Morgan fingerprint density at radius 2 is 1.73 bits per heavy atom. The summed E-state index contributed by atoms with van der Waals surface area (Å²) in [4.78, 5) is 16.9. The minimum atomic E-state index is -4.39. The third-order valence-corrected chi connectivity index (χ3v) is 4.94. The number of hydrogen-bond donors (Lipinski definition) is 2. The van der Waals surface area contributed by atoms with Crippen molar-refractivity contribution in [3.63, 3.8) is 0 Å². The summed E-state index contributed by atoms with van der Waals surface area (Å²) >= 11 is 0. The van der Waals surface area contributed by atoms with Crippen molar-refractivity contribution in [3.8, 4) is 17.0 Å². The van der Waals surface area contributed by atoms with Crippen LogP contribution < -0.4 is 5.32 Å². The van der Waals surface area contributed by atoms with E-state index in [4.69, 9.17) is 0 Å². The standard InChI is InChI=1S/C23H21F3N2O2/c1-14-16(4-3-5-21(14)29)12-13-27-22(30)19-10-11-20(28-15(19)2)17-6-8-18(9-7-17)23(24,25)26/h3-11,29H,12-13H2,1-2H3,(H,27,30). The van der Waals surface area contributed by atoms with Crippen LogP contribution in [0.4, 0.5) is 13.2 Å². The average Bonchev–Trinajstić information content (AvgIpc) is 2.70. The minimum Gasteiger partial charge on any atom is -0.508 e. The zero-order valence-corrected chi connectivity index (χ0v) is 16.5. The molecule has 0 radical (unpaired) electrons. The van der Waals surface area contributed by atoms with Crippen LogP contribution in [-0.2, 0) is 12.6 Å². The van der Waals surface area contributed by atoms with Gasteiger partial charge in [0.2, 0.25) is 0 Å². The Labute approximate surface area is 172 Å². The monoisotopic (exact) mass is 414 g/mol. The van der Waals surface area contributed by atoms with Crippen molar-refractivity contribution in [3.05, 3.63) is 82.5 Å². The highest BCUT2D eigenvalue weighted by Crippen LogP contribution is 2.30. The van der Waals surface area contributed by atoms with Crippen molar-refractivity contribution in [2.24, 2.45) is 0 Å². The highest BCUT2D eigenvalue weighted by Gasteiger charge is 2.30. The highest BCUT2D eigenvalue weighted by molar-refractivity contribution is 5.95. The van der Waals surface area contributed by atoms with Crippen LogP contribution in [0.5, 0.6) is 5.75 Å². The van der Waals surface area contributed by atoms with E-state index in [-0.39, 0.29) is 11.7 Å². The van der Waals surface area contributed by atoms with E-state index in [9.17, 15) is 23.1 Å². The molecular formula is C23H21F3N2O2. The maximum absolute atomic E-state index is 12.7. The summed E-state index contributed by atoms with van der Waals surface area (Å²) in [6.07, 6.45) is -3.82. The first-order valence-corrected chi connectivity index (χ1v) is 9.38. The summed E-state index contributed by atoms with van der Waals surface area (Å²) in [7, 11) is 0. The lowest BCUT2D eigenvalue weighted by atomic mass is 10.0. The van der Waals surface area contributed by atoms with Gasteiger partial charge in [-0.15, -0.1) is 0 Å². The zero-order valence-electron chi connectivity index (χ0n) is 16.5. The van der Waals surface area contributed by atoms with E-state index in [2.05, 4.69) is 10.3 Å². The number of phenolic OH excluding ortho intramolecular Hbond substituents is 1. The largest absolute Gasteiger partial charge is 0.508 e. The summed E-state index contributed by atoms with van der Waals surface area (Å²) in [6, 6.07) is 13.2. The predicted octanol–water partition coefficient (Wildman–Crippen LogP) is 5.06. The number of amides is 1. The Hall–Kier alpha value is -3.35. The molecule has 1 aromatic heterocycles. The topological polar surface area (TPSA) is 62.2 Å². The van der Waals surface area contributed by atoms with Crippen LogP contribution in [0.1, 0.15) is 32.7 Å². The molecule has 4 nitrogen and oxygen atoms in total. The van der Waals surface area contributed by atoms with Crippen LogP contribution >= 0.6 is 0 Å². The lowest BCUT2D eigenvalue weighted by molar-refractivity contribution is -0.137. The Bertz CT molecular complexity index is 1060. The van der Waals surface area contributed by atoms with Crippen LogP contribution in [0.2, 0.25) is 0 Å². The van der Waals surface area contributed by atoms with Crippen LogP contribution in [-0.4, -0.2) is 22.5 Å². The fraction of sp³-hybridized carbons (Fsp3) is 0.217. The molecular weight excluding hydrogens is 393 g/mol. The summed E-state index contributed by atoms with van der Waals surface area (Å²) in [5, 5.41) is 12.6. The second-order valence-corrected chi connectivity index (χ2v) is 6.97. The number of aryl methyl sites for hydroxylation is 1. The van der Waals surface area contributed by atoms with E-state index in [0.29, 0.717) is 35.5 Å². The second kappa shape index (κ2) is 8.57. The molecule has 0 saturated heterocycles. The summed E-state index contributed by atoms with van der Waals surface area (Å²) in [6.45, 7) is 3.89. The zero-order chi connectivity index (χ0) is 21.9. The Morgan fingerprint density at radius 3 is 2.37 bits per heavy atom. The van der Waals surface area contributed by atoms with E-state index in [1.54, 1.807) is 31.2 Å². The van der Waals surface area contributed by atoms with Gasteiger partial charge in [0.1, 0.15) is 5.75 Å². The SMILES string of the molecule is Cc1nc(-c2ccc(C(F)(F)F)cc2)ccc1C(=O)NCCc1cccc(O)c1C. The van der Waals surface area contributed by atoms with Gasteiger partial charge in [0, 0.05) is 12.1 Å². The van der Waals surface area contributed by atoms with Crippen LogP contribution in [0.25, 0.3) is 11.3 Å². The minimum absolute atomic E-state index is 0.220. The van der Waals surface area contributed by atoms with E-state index in [0.717, 1.165) is 23.3 Å². The molecule has 2 aromatic carbocycles. The Kier molecular flexibility index (Phi) is 6.10. The number of phenols is 1. The quantitative estimate of drug-likeness (QED) is 0.613. The molecule has 3 aromatic rings. The van der Waals surface area contributed by atoms with Gasteiger partial charge in [0.05, 0.1) is 22.5 Å². The number of nitrogens with zero attached hydrogens (tertiary/aromatic N) is 1. The molecule has 3 rings (SSSR count). The van der Waals surface area contributed by atoms with Crippen molar-refractivity contribution in [1.82, 2.24) is 10.3 Å². The number of benzene rings is 2. The van der Waals surface area contributed by atoms with Gasteiger partial charge in [0.15, 0.2) is 0 Å². The van der Waals surface area contributed by atoms with E-state index < -0.39 is 11.7 Å². The molecule has 0 saturated carbocycles. The van der Waals surface area contributed by atoms with Gasteiger partial charge in [-0.05, 0) is 61.7 Å².